The smallest absolute Gasteiger partial charge is 0.324 e. The predicted molar refractivity (Wildman–Crippen MR) is 78.4 cm³/mol. The van der Waals surface area contributed by atoms with Crippen LogP contribution in [0.1, 0.15) is 26.3 Å². The Balaban J connectivity index is 2.51. The first-order chi connectivity index (χ1) is 8.88. The molecule has 0 aliphatic heterocycles. The highest BCUT2D eigenvalue weighted by Gasteiger charge is 2.41. The molecule has 19 heavy (non-hydrogen) atoms. The van der Waals surface area contributed by atoms with Crippen LogP contribution in [-0.4, -0.2) is 11.5 Å². The maximum absolute atomic E-state index is 12.3. The van der Waals surface area contributed by atoms with E-state index in [0.29, 0.717) is 0 Å². The van der Waals surface area contributed by atoms with Crippen LogP contribution in [0.15, 0.2) is 42.5 Å². The molecular weight excluding hydrogens is 259 g/mol. The molecule has 2 aromatic rings. The van der Waals surface area contributed by atoms with E-state index in [0.717, 1.165) is 16.3 Å². The molecule has 1 N–H and O–H groups in total. The lowest BCUT2D eigenvalue weighted by Gasteiger charge is -2.29. The molecule has 0 spiro atoms. The first kappa shape index (κ1) is 14.3. The summed E-state index contributed by atoms with van der Waals surface area (Å²) in [6.07, 6.45) is 0. The van der Waals surface area contributed by atoms with Gasteiger partial charge in [-0.25, -0.2) is 0 Å². The van der Waals surface area contributed by atoms with Gasteiger partial charge in [-0.15, -0.1) is 0 Å². The Bertz CT molecular complexity index is 634. The Morgan fingerprint density at radius 2 is 1.79 bits per heavy atom. The third-order valence-corrected chi connectivity index (χ3v) is 5.75. The fraction of sp³-hybridized carbons (Fsp3) is 0.333. The average Bonchev–Trinajstić information content (AvgIpc) is 2.38. The van der Waals surface area contributed by atoms with Gasteiger partial charge in [0.2, 0.25) is 0 Å². The second-order valence-electron chi connectivity index (χ2n) is 5.06. The highest BCUT2D eigenvalue weighted by Crippen LogP contribution is 2.60. The Morgan fingerprint density at radius 1 is 1.16 bits per heavy atom. The van der Waals surface area contributed by atoms with Gasteiger partial charge < -0.3 is 9.42 Å². The van der Waals surface area contributed by atoms with Crippen LogP contribution in [0.4, 0.5) is 0 Å². The second kappa shape index (κ2) is 5.09. The monoisotopic (exact) mass is 278 g/mol. The molecule has 0 bridgehead atoms. The first-order valence-corrected chi connectivity index (χ1v) is 7.93. The van der Waals surface area contributed by atoms with Gasteiger partial charge in [-0.1, -0.05) is 36.4 Å². The zero-order valence-corrected chi connectivity index (χ0v) is 12.4. The van der Waals surface area contributed by atoms with Crippen molar-refractivity contribution in [3.63, 3.8) is 0 Å². The molecular formula is C15H19O3P. The number of hydrogen-bond acceptors (Lipinski definition) is 2. The molecule has 0 radical (unpaired) electrons. The van der Waals surface area contributed by atoms with Crippen LogP contribution in [0.3, 0.4) is 0 Å². The minimum absolute atomic E-state index is 0.227. The third-order valence-electron chi connectivity index (χ3n) is 3.47. The summed E-state index contributed by atoms with van der Waals surface area (Å²) in [6, 6.07) is 13.8. The summed E-state index contributed by atoms with van der Waals surface area (Å²) < 4.78 is 17.4. The lowest BCUT2D eigenvalue weighted by molar-refractivity contribution is 0.251. The zero-order chi connectivity index (χ0) is 14.1. The number of benzene rings is 2. The lowest BCUT2D eigenvalue weighted by Crippen LogP contribution is -2.19. The van der Waals surface area contributed by atoms with Crippen molar-refractivity contribution in [3.8, 4) is 0 Å². The zero-order valence-electron chi connectivity index (χ0n) is 11.5. The second-order valence-corrected chi connectivity index (χ2v) is 7.48. The molecule has 1 atom stereocenters. The van der Waals surface area contributed by atoms with Gasteiger partial charge in [0.15, 0.2) is 0 Å². The molecule has 0 heterocycles. The highest BCUT2D eigenvalue weighted by atomic mass is 31.2. The quantitative estimate of drug-likeness (QED) is 0.848. The van der Waals surface area contributed by atoms with E-state index >= 15 is 0 Å². The molecule has 0 fully saturated rings. The first-order valence-electron chi connectivity index (χ1n) is 6.35. The maximum atomic E-state index is 12.3. The van der Waals surface area contributed by atoms with Crippen LogP contribution in [0.25, 0.3) is 10.8 Å². The third kappa shape index (κ3) is 2.59. The summed E-state index contributed by atoms with van der Waals surface area (Å²) in [5, 5.41) is 1.25. The standard InChI is InChI=1S/C15H19O3P/c1-4-18-19(16,17)15(2,3)14-10-9-12-7-5-6-8-13(12)11-14/h5-11H,4H2,1-3H3,(H,16,17). The lowest BCUT2D eigenvalue weighted by atomic mass is 9.98. The highest BCUT2D eigenvalue weighted by molar-refractivity contribution is 7.54. The van der Waals surface area contributed by atoms with E-state index in [1.54, 1.807) is 20.8 Å². The minimum atomic E-state index is -3.70. The predicted octanol–water partition coefficient (Wildman–Crippen LogP) is 4.30. The van der Waals surface area contributed by atoms with Crippen LogP contribution in [-0.2, 0) is 14.2 Å². The van der Waals surface area contributed by atoms with E-state index in [9.17, 15) is 9.46 Å². The number of fused-ring (bicyclic) bond motifs is 1. The molecule has 0 aliphatic rings. The number of hydrogen-bond donors (Lipinski definition) is 1. The van der Waals surface area contributed by atoms with E-state index in [1.165, 1.54) is 0 Å². The van der Waals surface area contributed by atoms with Gasteiger partial charge in [-0.2, -0.15) is 0 Å². The van der Waals surface area contributed by atoms with Gasteiger partial charge in [0.05, 0.1) is 11.8 Å². The molecule has 0 aliphatic carbocycles. The molecule has 2 aromatic carbocycles. The van der Waals surface area contributed by atoms with Crippen molar-refractivity contribution in [2.24, 2.45) is 0 Å². The summed E-state index contributed by atoms with van der Waals surface area (Å²) in [7, 11) is -3.70. The van der Waals surface area contributed by atoms with E-state index in [-0.39, 0.29) is 6.61 Å². The maximum Gasteiger partial charge on any atom is 0.337 e. The summed E-state index contributed by atoms with van der Waals surface area (Å²) >= 11 is 0. The Morgan fingerprint density at radius 3 is 2.42 bits per heavy atom. The molecule has 2 rings (SSSR count). The van der Waals surface area contributed by atoms with Crippen LogP contribution in [0.5, 0.6) is 0 Å². The number of rotatable bonds is 4. The van der Waals surface area contributed by atoms with Crippen LogP contribution >= 0.6 is 7.60 Å². The normalized spacial score (nSPS) is 15.4. The fourth-order valence-corrected chi connectivity index (χ4v) is 3.21. The van der Waals surface area contributed by atoms with Gasteiger partial charge in [0.1, 0.15) is 0 Å². The Labute approximate surface area is 113 Å². The largest absolute Gasteiger partial charge is 0.337 e. The SMILES string of the molecule is CCOP(=O)(O)C(C)(C)c1ccc2ccccc2c1. The van der Waals surface area contributed by atoms with Crippen molar-refractivity contribution in [2.75, 3.05) is 6.61 Å². The van der Waals surface area contributed by atoms with Crippen molar-refractivity contribution < 1.29 is 14.0 Å². The molecule has 1 unspecified atom stereocenters. The van der Waals surface area contributed by atoms with Gasteiger partial charge >= 0.3 is 7.60 Å². The van der Waals surface area contributed by atoms with Crippen molar-refractivity contribution >= 4 is 18.4 Å². The van der Waals surface area contributed by atoms with Crippen molar-refractivity contribution in [3.05, 3.63) is 48.0 Å². The molecule has 102 valence electrons. The van der Waals surface area contributed by atoms with Gasteiger partial charge in [0, 0.05) is 0 Å². The topological polar surface area (TPSA) is 46.5 Å². The van der Waals surface area contributed by atoms with Gasteiger partial charge in [0.25, 0.3) is 0 Å². The Hall–Kier alpha value is -1.15. The van der Waals surface area contributed by atoms with Crippen LogP contribution in [0.2, 0.25) is 0 Å². The molecule has 0 saturated heterocycles. The summed E-state index contributed by atoms with van der Waals surface area (Å²) in [6.45, 7) is 5.44. The minimum Gasteiger partial charge on any atom is -0.324 e. The molecule has 0 amide bonds. The van der Waals surface area contributed by atoms with Gasteiger partial charge in [-0.05, 0) is 43.2 Å². The fourth-order valence-electron chi connectivity index (χ4n) is 2.07. The van der Waals surface area contributed by atoms with E-state index in [4.69, 9.17) is 4.52 Å². The molecule has 0 saturated carbocycles. The van der Waals surface area contributed by atoms with Crippen molar-refractivity contribution in [2.45, 2.75) is 25.9 Å². The van der Waals surface area contributed by atoms with E-state index in [2.05, 4.69) is 0 Å². The molecule has 4 heteroatoms. The molecule has 0 aromatic heterocycles. The van der Waals surface area contributed by atoms with Crippen molar-refractivity contribution in [1.29, 1.82) is 0 Å². The van der Waals surface area contributed by atoms with Gasteiger partial charge in [-0.3, -0.25) is 4.57 Å². The average molecular weight is 278 g/mol. The van der Waals surface area contributed by atoms with Crippen LogP contribution < -0.4 is 0 Å². The summed E-state index contributed by atoms with van der Waals surface area (Å²) in [5.41, 5.74) is 0.811. The molecule has 3 nitrogen and oxygen atoms in total. The van der Waals surface area contributed by atoms with Crippen LogP contribution in [0, 0.1) is 0 Å². The van der Waals surface area contributed by atoms with Crippen molar-refractivity contribution in [1.82, 2.24) is 0 Å². The van der Waals surface area contributed by atoms with E-state index in [1.807, 2.05) is 42.5 Å². The summed E-state index contributed by atoms with van der Waals surface area (Å²) in [5.74, 6) is 0. The Kier molecular flexibility index (Phi) is 3.82. The van der Waals surface area contributed by atoms with E-state index < -0.39 is 12.8 Å². The summed E-state index contributed by atoms with van der Waals surface area (Å²) in [4.78, 5) is 10.1.